The van der Waals surface area contributed by atoms with Gasteiger partial charge in [0.05, 0.1) is 42.6 Å². The summed E-state index contributed by atoms with van der Waals surface area (Å²) in [5, 5.41) is 24.4. The molecule has 3 rings (SSSR count). The van der Waals surface area contributed by atoms with Crippen LogP contribution in [0.1, 0.15) is 38.8 Å². The number of guanidine groups is 1. The van der Waals surface area contributed by atoms with Gasteiger partial charge in [-0.3, -0.25) is 10.4 Å². The molecule has 1 aromatic carbocycles. The van der Waals surface area contributed by atoms with Crippen LogP contribution in [0.3, 0.4) is 0 Å². The zero-order chi connectivity index (χ0) is 24.6. The number of ether oxygens (including phenoxy) is 1. The van der Waals surface area contributed by atoms with Gasteiger partial charge in [0.1, 0.15) is 5.75 Å². The number of carboxylic acid groups (broad SMARTS) is 1. The lowest BCUT2D eigenvalue weighted by molar-refractivity contribution is -0.137. The van der Waals surface area contributed by atoms with Crippen molar-refractivity contribution in [3.63, 3.8) is 0 Å². The van der Waals surface area contributed by atoms with Crippen LogP contribution in [0.15, 0.2) is 28.9 Å². The van der Waals surface area contributed by atoms with Crippen molar-refractivity contribution in [2.75, 3.05) is 26.2 Å². The topological polar surface area (TPSA) is 110 Å². The van der Waals surface area contributed by atoms with Gasteiger partial charge in [-0.15, -0.1) is 0 Å². The molecule has 4 N–H and O–H groups in total. The average Bonchev–Trinajstić information content (AvgIpc) is 2.71. The number of hydrogen-bond donors (Lipinski definition) is 4. The molecule has 33 heavy (non-hydrogen) atoms. The number of amides is 1. The van der Waals surface area contributed by atoms with Gasteiger partial charge >= 0.3 is 12.3 Å². The highest BCUT2D eigenvalue weighted by atomic mass is 19.4. The van der Waals surface area contributed by atoms with Crippen LogP contribution in [0.2, 0.25) is 0 Å². The Morgan fingerprint density at radius 3 is 2.58 bits per heavy atom. The summed E-state index contributed by atoms with van der Waals surface area (Å²) in [7, 11) is 0. The number of phenols is 1. The van der Waals surface area contributed by atoms with Crippen molar-refractivity contribution in [2.24, 2.45) is 4.99 Å². The monoisotopic (exact) mass is 471 g/mol. The van der Waals surface area contributed by atoms with Crippen molar-refractivity contribution in [1.29, 1.82) is 0 Å². The van der Waals surface area contributed by atoms with E-state index in [2.05, 4.69) is 15.7 Å². The summed E-state index contributed by atoms with van der Waals surface area (Å²) >= 11 is 0. The standard InChI is InChI=1S/C21H28F3N5O4/c1-12-17(15-6-5-13(9-16(15)30)21(22,23)24)29(20(2,3)4)27-18(26-12)25-10-14-11-28(19(31)32)7-8-33-14/h5-6,9,14,30H,7-8,10-11H2,1-4H3,(H,31,32)(H2,25,26,27)/t14-/m0/s1. The number of carbonyl (C=O) groups is 1. The van der Waals surface area contributed by atoms with E-state index >= 15 is 0 Å². The molecule has 0 spiro atoms. The van der Waals surface area contributed by atoms with Crippen molar-refractivity contribution in [3.8, 4) is 5.75 Å². The zero-order valence-electron chi connectivity index (χ0n) is 18.8. The van der Waals surface area contributed by atoms with Crippen LogP contribution in [0.25, 0.3) is 5.70 Å². The maximum atomic E-state index is 13.0. The molecule has 0 radical (unpaired) electrons. The Hall–Kier alpha value is -3.15. The Balaban J connectivity index is 1.88. The second-order valence-electron chi connectivity index (χ2n) is 8.86. The van der Waals surface area contributed by atoms with Crippen molar-refractivity contribution < 1.29 is 32.9 Å². The lowest BCUT2D eigenvalue weighted by atomic mass is 10.0. The number of nitrogens with one attached hydrogen (secondary N) is 2. The number of allylic oxidation sites excluding steroid dienone is 1. The van der Waals surface area contributed by atoms with E-state index < -0.39 is 35.2 Å². The maximum absolute atomic E-state index is 13.0. The van der Waals surface area contributed by atoms with E-state index in [0.29, 0.717) is 30.0 Å². The predicted molar refractivity (Wildman–Crippen MR) is 115 cm³/mol. The summed E-state index contributed by atoms with van der Waals surface area (Å²) in [4.78, 5) is 16.9. The van der Waals surface area contributed by atoms with Gasteiger partial charge in [0, 0.05) is 17.8 Å². The molecule has 2 aliphatic heterocycles. The molecule has 1 amide bonds. The lowest BCUT2D eigenvalue weighted by Gasteiger charge is -2.44. The van der Waals surface area contributed by atoms with Gasteiger partial charge in [0.2, 0.25) is 5.96 Å². The zero-order valence-corrected chi connectivity index (χ0v) is 18.8. The van der Waals surface area contributed by atoms with Crippen molar-refractivity contribution in [1.82, 2.24) is 20.7 Å². The number of aliphatic imine (C=N–C) groups is 1. The summed E-state index contributed by atoms with van der Waals surface area (Å²) in [6.45, 7) is 8.40. The molecule has 1 fully saturated rings. The molecule has 0 saturated carbocycles. The second kappa shape index (κ2) is 9.00. The number of aromatic hydroxyl groups is 1. The first kappa shape index (κ1) is 24.5. The van der Waals surface area contributed by atoms with Gasteiger partial charge in [-0.2, -0.15) is 13.2 Å². The number of halogens is 3. The summed E-state index contributed by atoms with van der Waals surface area (Å²) in [5.74, 6) is -0.129. The van der Waals surface area contributed by atoms with E-state index in [4.69, 9.17) is 9.84 Å². The van der Waals surface area contributed by atoms with E-state index in [0.717, 1.165) is 6.07 Å². The smallest absolute Gasteiger partial charge is 0.416 e. The quantitative estimate of drug-likeness (QED) is 0.537. The Kier molecular flexibility index (Phi) is 6.68. The first-order chi connectivity index (χ1) is 15.3. The highest BCUT2D eigenvalue weighted by Gasteiger charge is 2.35. The first-order valence-corrected chi connectivity index (χ1v) is 10.4. The molecule has 1 aromatic rings. The largest absolute Gasteiger partial charge is 0.507 e. The molecule has 0 aliphatic carbocycles. The first-order valence-electron chi connectivity index (χ1n) is 10.4. The number of alkyl halides is 3. The van der Waals surface area contributed by atoms with Crippen LogP contribution in [0, 0.1) is 0 Å². The van der Waals surface area contributed by atoms with E-state index in [9.17, 15) is 23.1 Å². The number of morpholine rings is 1. The normalized spacial score (nSPS) is 21.2. The summed E-state index contributed by atoms with van der Waals surface area (Å²) < 4.78 is 44.7. The van der Waals surface area contributed by atoms with Crippen LogP contribution in [-0.2, 0) is 10.9 Å². The number of nitrogens with zero attached hydrogens (tertiary/aromatic N) is 3. The fraction of sp³-hybridized carbons (Fsp3) is 0.524. The summed E-state index contributed by atoms with van der Waals surface area (Å²) in [5.41, 5.74) is 2.89. The molecule has 1 atom stereocenters. The highest BCUT2D eigenvalue weighted by molar-refractivity contribution is 5.88. The van der Waals surface area contributed by atoms with Crippen LogP contribution in [0.5, 0.6) is 5.75 Å². The lowest BCUT2D eigenvalue weighted by Crippen LogP contribution is -2.58. The molecular weight excluding hydrogens is 443 g/mol. The molecule has 0 aromatic heterocycles. The van der Waals surface area contributed by atoms with Gasteiger partial charge in [0.25, 0.3) is 0 Å². The third-order valence-corrected chi connectivity index (χ3v) is 5.22. The third-order valence-electron chi connectivity index (χ3n) is 5.22. The van der Waals surface area contributed by atoms with Crippen molar-refractivity contribution in [3.05, 3.63) is 35.0 Å². The Morgan fingerprint density at radius 1 is 1.30 bits per heavy atom. The van der Waals surface area contributed by atoms with Gasteiger partial charge in [-0.1, -0.05) is 0 Å². The van der Waals surface area contributed by atoms with Gasteiger partial charge < -0.3 is 25.2 Å². The minimum atomic E-state index is -4.57. The number of benzene rings is 1. The Bertz CT molecular complexity index is 972. The number of hydrazine groups is 1. The molecule has 182 valence electrons. The second-order valence-corrected chi connectivity index (χ2v) is 8.86. The molecule has 0 unspecified atom stereocenters. The van der Waals surface area contributed by atoms with Crippen molar-refractivity contribution in [2.45, 2.75) is 45.5 Å². The molecule has 12 heteroatoms. The summed E-state index contributed by atoms with van der Waals surface area (Å²) in [6, 6.07) is 2.86. The van der Waals surface area contributed by atoms with Crippen LogP contribution < -0.4 is 10.7 Å². The molecule has 0 bridgehead atoms. The average molecular weight is 471 g/mol. The van der Waals surface area contributed by atoms with E-state index in [1.54, 1.807) is 11.9 Å². The van der Waals surface area contributed by atoms with E-state index in [1.165, 1.54) is 11.0 Å². The minimum Gasteiger partial charge on any atom is -0.507 e. The SMILES string of the molecule is CC1=C(c2ccc(C(F)(F)F)cc2O)N(C(C)(C)C)NC(=NC[C@H]2CN(C(=O)O)CCO2)N1. The van der Waals surface area contributed by atoms with Crippen LogP contribution >= 0.6 is 0 Å². The molecule has 9 nitrogen and oxygen atoms in total. The molecule has 1 saturated heterocycles. The number of phenolic OH excluding ortho intramolecular Hbond substituents is 1. The molecule has 2 heterocycles. The van der Waals surface area contributed by atoms with Gasteiger partial charge in [-0.05, 0) is 45.9 Å². The Labute approximate surface area is 189 Å². The minimum absolute atomic E-state index is 0.200. The van der Waals surface area contributed by atoms with Crippen molar-refractivity contribution >= 4 is 17.7 Å². The number of rotatable bonds is 3. The van der Waals surface area contributed by atoms with Crippen LogP contribution in [-0.4, -0.2) is 70.1 Å². The highest BCUT2D eigenvalue weighted by Crippen LogP contribution is 2.38. The van der Waals surface area contributed by atoms with E-state index in [-0.39, 0.29) is 25.3 Å². The number of hydrogen-bond acceptors (Lipinski definition) is 5. The fourth-order valence-corrected chi connectivity index (χ4v) is 3.60. The predicted octanol–water partition coefficient (Wildman–Crippen LogP) is 3.04. The van der Waals surface area contributed by atoms with Gasteiger partial charge in [-0.25, -0.2) is 9.79 Å². The third kappa shape index (κ3) is 5.62. The van der Waals surface area contributed by atoms with Crippen LogP contribution in [0.4, 0.5) is 18.0 Å². The molecular formula is C21H28F3N5O4. The fourth-order valence-electron chi connectivity index (χ4n) is 3.60. The Morgan fingerprint density at radius 2 is 2.00 bits per heavy atom. The van der Waals surface area contributed by atoms with Gasteiger partial charge in [0.15, 0.2) is 0 Å². The molecule has 2 aliphatic rings. The summed E-state index contributed by atoms with van der Waals surface area (Å²) in [6.07, 6.45) is -5.98. The maximum Gasteiger partial charge on any atom is 0.416 e. The van der Waals surface area contributed by atoms with E-state index in [1.807, 2.05) is 20.8 Å².